The lowest BCUT2D eigenvalue weighted by Crippen LogP contribution is -2.31. The first-order valence-electron chi connectivity index (χ1n) is 14.6. The zero-order chi connectivity index (χ0) is 29.2. The molecule has 0 saturated heterocycles. The van der Waals surface area contributed by atoms with E-state index in [4.69, 9.17) is 14.7 Å². The van der Waals surface area contributed by atoms with Gasteiger partial charge in [-0.15, -0.1) is 0 Å². The summed E-state index contributed by atoms with van der Waals surface area (Å²) >= 11 is 0. The molecule has 1 amide bonds. The van der Waals surface area contributed by atoms with E-state index in [-0.39, 0.29) is 11.8 Å². The molecule has 2 aromatic heterocycles. The standard InChI is InChI=1S/C35H40N4O2/c1-5-8-11-28(19-30-24(4)22-41-23-29(30)20-36)35(40)37-21-25(10-6-2)18-34-26(7-3)16-17-33(39-34)32-13-9-12-31(38-32)27-14-15-27/h7-13,16-19,27,29H,5-6,14-15,21-23H2,1-4H3,(H,37,40)/b11-8+,25-10-,26-7-,28-19+,34-18+. The minimum absolute atomic E-state index is 0.182. The molecule has 1 N–H and O–H groups in total. The van der Waals surface area contributed by atoms with Crippen molar-refractivity contribution in [1.29, 1.82) is 5.26 Å². The quantitative estimate of drug-likeness (QED) is 0.316. The topological polar surface area (TPSA) is 87.9 Å². The number of amides is 1. The average molecular weight is 549 g/mol. The summed E-state index contributed by atoms with van der Waals surface area (Å²) in [5, 5.41) is 14.6. The number of hydrogen-bond donors (Lipinski definition) is 1. The van der Waals surface area contributed by atoms with Gasteiger partial charge in [0, 0.05) is 23.7 Å². The molecule has 6 heteroatoms. The number of hydrogen-bond acceptors (Lipinski definition) is 5. The van der Waals surface area contributed by atoms with Crippen LogP contribution < -0.4 is 15.9 Å². The Bertz CT molecular complexity index is 1550. The lowest BCUT2D eigenvalue weighted by Gasteiger charge is -2.21. The first-order chi connectivity index (χ1) is 20.0. The molecule has 1 saturated carbocycles. The zero-order valence-corrected chi connectivity index (χ0v) is 24.6. The van der Waals surface area contributed by atoms with E-state index >= 15 is 0 Å². The highest BCUT2D eigenvalue weighted by atomic mass is 16.5. The molecule has 1 fully saturated rings. The van der Waals surface area contributed by atoms with Crippen LogP contribution in [0.2, 0.25) is 0 Å². The fourth-order valence-corrected chi connectivity index (χ4v) is 4.83. The summed E-state index contributed by atoms with van der Waals surface area (Å²) in [4.78, 5) is 23.3. The highest BCUT2D eigenvalue weighted by molar-refractivity contribution is 5.97. The van der Waals surface area contributed by atoms with E-state index < -0.39 is 0 Å². The van der Waals surface area contributed by atoms with Crippen molar-refractivity contribution in [1.82, 2.24) is 15.3 Å². The van der Waals surface area contributed by atoms with Gasteiger partial charge in [0.1, 0.15) is 0 Å². The largest absolute Gasteiger partial charge is 0.375 e. The Labute approximate surface area is 243 Å². The minimum atomic E-state index is -0.382. The van der Waals surface area contributed by atoms with Crippen LogP contribution in [0, 0.1) is 17.2 Å². The van der Waals surface area contributed by atoms with Crippen LogP contribution in [-0.2, 0) is 9.53 Å². The van der Waals surface area contributed by atoms with E-state index in [2.05, 4.69) is 48.7 Å². The van der Waals surface area contributed by atoms with Gasteiger partial charge >= 0.3 is 0 Å². The summed E-state index contributed by atoms with van der Waals surface area (Å²) in [7, 11) is 0. The number of pyridine rings is 2. The normalized spacial score (nSPS) is 19.1. The fraction of sp³-hybridized carbons (Fsp3) is 0.371. The van der Waals surface area contributed by atoms with Crippen molar-refractivity contribution >= 4 is 18.1 Å². The van der Waals surface area contributed by atoms with Crippen molar-refractivity contribution in [2.45, 2.75) is 59.3 Å². The third-order valence-corrected chi connectivity index (χ3v) is 7.27. The Kier molecular flexibility index (Phi) is 10.6. The number of rotatable bonds is 10. The van der Waals surface area contributed by atoms with Crippen LogP contribution in [0.25, 0.3) is 23.5 Å². The average Bonchev–Trinajstić information content (AvgIpc) is 3.84. The molecule has 1 unspecified atom stereocenters. The van der Waals surface area contributed by atoms with Gasteiger partial charge in [0.15, 0.2) is 0 Å². The lowest BCUT2D eigenvalue weighted by atomic mass is 9.92. The second-order valence-corrected chi connectivity index (χ2v) is 10.5. The van der Waals surface area contributed by atoms with E-state index in [1.165, 1.54) is 12.8 Å². The number of carbonyl (C=O) groups excluding carboxylic acids is 1. The number of ether oxygens (including phenoxy) is 1. The number of nitrogens with one attached hydrogen (secondary N) is 1. The van der Waals surface area contributed by atoms with Gasteiger partial charge in [-0.3, -0.25) is 9.78 Å². The highest BCUT2D eigenvalue weighted by Gasteiger charge is 2.25. The Hall–Kier alpha value is -4.08. The SMILES string of the molecule is C/C=c1/ccc(-c2cccc(C3CC3)n2)n/c1=C/C(=C/CC)CNC(=O)C(/C=C/CC)=C/C1=C(C)COCC1C#N. The lowest BCUT2D eigenvalue weighted by molar-refractivity contribution is -0.117. The third-order valence-electron chi connectivity index (χ3n) is 7.27. The molecule has 0 radical (unpaired) electrons. The molecule has 0 spiro atoms. The Morgan fingerprint density at radius 2 is 1.95 bits per heavy atom. The van der Waals surface area contributed by atoms with Gasteiger partial charge in [0.05, 0.1) is 41.9 Å². The first-order valence-corrected chi connectivity index (χ1v) is 14.6. The predicted molar refractivity (Wildman–Crippen MR) is 165 cm³/mol. The minimum Gasteiger partial charge on any atom is -0.375 e. The van der Waals surface area contributed by atoms with E-state index in [1.807, 2.05) is 57.2 Å². The molecule has 0 aromatic carbocycles. The fourth-order valence-electron chi connectivity index (χ4n) is 4.83. The van der Waals surface area contributed by atoms with E-state index in [1.54, 1.807) is 0 Å². The van der Waals surface area contributed by atoms with E-state index in [9.17, 15) is 10.1 Å². The van der Waals surface area contributed by atoms with Gasteiger partial charge in [-0.2, -0.15) is 5.26 Å². The summed E-state index contributed by atoms with van der Waals surface area (Å²) in [6.07, 6.45) is 15.9. The molecule has 1 aliphatic carbocycles. The maximum absolute atomic E-state index is 13.4. The van der Waals surface area contributed by atoms with Crippen molar-refractivity contribution in [3.63, 3.8) is 0 Å². The Balaban J connectivity index is 1.61. The second-order valence-electron chi connectivity index (χ2n) is 10.5. The Morgan fingerprint density at radius 3 is 2.66 bits per heavy atom. The van der Waals surface area contributed by atoms with Crippen molar-refractivity contribution in [3.05, 3.63) is 93.2 Å². The Morgan fingerprint density at radius 1 is 1.15 bits per heavy atom. The van der Waals surface area contributed by atoms with Gasteiger partial charge in [-0.05, 0) is 91.8 Å². The van der Waals surface area contributed by atoms with Gasteiger partial charge in [-0.25, -0.2) is 4.98 Å². The molecule has 1 aliphatic heterocycles. The summed E-state index contributed by atoms with van der Waals surface area (Å²) in [6.45, 7) is 9.23. The van der Waals surface area contributed by atoms with Gasteiger partial charge < -0.3 is 10.1 Å². The van der Waals surface area contributed by atoms with Crippen LogP contribution in [-0.4, -0.2) is 35.6 Å². The van der Waals surface area contributed by atoms with Gasteiger partial charge in [-0.1, -0.05) is 50.3 Å². The van der Waals surface area contributed by atoms with Crippen molar-refractivity contribution in [2.75, 3.05) is 19.8 Å². The first kappa shape index (κ1) is 29.9. The van der Waals surface area contributed by atoms with Gasteiger partial charge in [0.2, 0.25) is 0 Å². The predicted octanol–water partition coefficient (Wildman–Crippen LogP) is 5.43. The molecule has 1 atom stereocenters. The number of nitriles is 1. The summed E-state index contributed by atoms with van der Waals surface area (Å²) in [5.41, 5.74) is 6.21. The molecule has 2 aliphatic rings. The van der Waals surface area contributed by atoms with Crippen molar-refractivity contribution in [3.8, 4) is 17.5 Å². The molecule has 4 rings (SSSR count). The zero-order valence-electron chi connectivity index (χ0n) is 24.6. The molecule has 6 nitrogen and oxygen atoms in total. The molecule has 41 heavy (non-hydrogen) atoms. The molecule has 2 aromatic rings. The highest BCUT2D eigenvalue weighted by Crippen LogP contribution is 2.39. The van der Waals surface area contributed by atoms with Crippen LogP contribution in [0.4, 0.5) is 0 Å². The second kappa shape index (κ2) is 14.5. The van der Waals surface area contributed by atoms with Crippen LogP contribution in [0.3, 0.4) is 0 Å². The maximum atomic E-state index is 13.4. The van der Waals surface area contributed by atoms with E-state index in [0.717, 1.165) is 57.2 Å². The smallest absolute Gasteiger partial charge is 0.251 e. The van der Waals surface area contributed by atoms with Crippen LogP contribution in [0.15, 0.2) is 76.9 Å². The summed E-state index contributed by atoms with van der Waals surface area (Å²) < 4.78 is 5.52. The molecular formula is C35H40N4O2. The molecule has 3 heterocycles. The monoisotopic (exact) mass is 548 g/mol. The number of allylic oxidation sites excluding steroid dienone is 3. The summed E-state index contributed by atoms with van der Waals surface area (Å²) in [6, 6.07) is 12.6. The van der Waals surface area contributed by atoms with Crippen LogP contribution in [0.1, 0.15) is 65.0 Å². The molecule has 0 bridgehead atoms. The third kappa shape index (κ3) is 7.99. The van der Waals surface area contributed by atoms with Crippen LogP contribution in [0.5, 0.6) is 0 Å². The van der Waals surface area contributed by atoms with Crippen LogP contribution >= 0.6 is 0 Å². The van der Waals surface area contributed by atoms with Crippen molar-refractivity contribution in [2.24, 2.45) is 5.92 Å². The molecular weight excluding hydrogens is 508 g/mol. The summed E-state index contributed by atoms with van der Waals surface area (Å²) in [5.74, 6) is 0.0149. The van der Waals surface area contributed by atoms with Gasteiger partial charge in [0.25, 0.3) is 5.91 Å². The molecule has 212 valence electrons. The number of nitrogens with zero attached hydrogens (tertiary/aromatic N) is 3. The van der Waals surface area contributed by atoms with E-state index in [0.29, 0.717) is 31.2 Å². The number of carbonyl (C=O) groups is 1. The van der Waals surface area contributed by atoms with Crippen molar-refractivity contribution < 1.29 is 9.53 Å². The number of aromatic nitrogens is 2. The maximum Gasteiger partial charge on any atom is 0.251 e.